The highest BCUT2D eigenvalue weighted by Crippen LogP contribution is 2.36. The van der Waals surface area contributed by atoms with Crippen LogP contribution in [0.5, 0.6) is 11.5 Å². The molecule has 1 aliphatic heterocycles. The monoisotopic (exact) mass is 644 g/mol. The number of likely N-dealkylation sites (tertiary alicyclic amines) is 1. The summed E-state index contributed by atoms with van der Waals surface area (Å²) < 4.78 is 13.0. The van der Waals surface area contributed by atoms with Crippen LogP contribution in [0.2, 0.25) is 0 Å². The first kappa shape index (κ1) is 31.3. The predicted molar refractivity (Wildman–Crippen MR) is 180 cm³/mol. The van der Waals surface area contributed by atoms with Crippen molar-refractivity contribution in [3.05, 3.63) is 88.2 Å². The van der Waals surface area contributed by atoms with E-state index in [1.807, 2.05) is 31.2 Å². The molecule has 1 aliphatic rings. The molecule has 5 rings (SSSR count). The van der Waals surface area contributed by atoms with E-state index in [-0.39, 0.29) is 6.04 Å². The lowest BCUT2D eigenvalue weighted by Crippen LogP contribution is -2.33. The maximum absolute atomic E-state index is 6.21. The Morgan fingerprint density at radius 2 is 1.67 bits per heavy atom. The number of piperidine rings is 1. The Morgan fingerprint density at radius 1 is 0.907 bits per heavy atom. The van der Waals surface area contributed by atoms with E-state index in [1.165, 1.54) is 69.3 Å². The van der Waals surface area contributed by atoms with Crippen molar-refractivity contribution in [3.63, 3.8) is 0 Å². The Hall–Kier alpha value is -3.16. The zero-order valence-corrected chi connectivity index (χ0v) is 27.4. The molecule has 4 aromatic rings. The molecule has 1 atom stereocenters. The number of rotatable bonds is 14. The van der Waals surface area contributed by atoms with Gasteiger partial charge in [0, 0.05) is 15.9 Å². The van der Waals surface area contributed by atoms with Gasteiger partial charge in [-0.05, 0) is 94.4 Å². The van der Waals surface area contributed by atoms with Crippen molar-refractivity contribution in [1.82, 2.24) is 14.9 Å². The summed E-state index contributed by atoms with van der Waals surface area (Å²) in [7, 11) is 1.68. The summed E-state index contributed by atoms with van der Waals surface area (Å²) in [5.41, 5.74) is 3.53. The molecule has 3 aromatic carbocycles. The molecule has 228 valence electrons. The summed E-state index contributed by atoms with van der Waals surface area (Å²) in [5, 5.41) is 4.49. The van der Waals surface area contributed by atoms with Crippen LogP contribution in [-0.4, -0.2) is 48.2 Å². The van der Waals surface area contributed by atoms with E-state index in [0.717, 1.165) is 39.3 Å². The SMILES string of the molecule is COc1cc2c(NC(C)c3cccc(Br)c3)nc(C)nc2cc1OCCCCCCCN1CCC(c2ccccc2)CC1. The largest absolute Gasteiger partial charge is 0.493 e. The van der Waals surface area contributed by atoms with Crippen LogP contribution in [0.15, 0.2) is 71.2 Å². The van der Waals surface area contributed by atoms with Gasteiger partial charge in [-0.3, -0.25) is 0 Å². The number of nitrogens with one attached hydrogen (secondary N) is 1. The Morgan fingerprint density at radius 3 is 2.44 bits per heavy atom. The zero-order chi connectivity index (χ0) is 30.0. The number of ether oxygens (including phenoxy) is 2. The summed E-state index contributed by atoms with van der Waals surface area (Å²) in [6.07, 6.45) is 8.59. The van der Waals surface area contributed by atoms with Gasteiger partial charge in [0.15, 0.2) is 11.5 Å². The number of benzene rings is 3. The predicted octanol–water partition coefficient (Wildman–Crippen LogP) is 9.09. The standard InChI is InChI=1S/C36H45BrN4O2/c1-26(30-15-12-16-31(37)23-30)38-36-32-24-34(42-3)35(25-33(32)39-27(2)40-36)43-22-11-6-4-5-10-19-41-20-17-29(18-21-41)28-13-8-7-9-14-28/h7-9,12-16,23-26,29H,4-6,10-11,17-22H2,1-3H3,(H,38,39,40). The second kappa shape index (κ2) is 15.5. The number of hydrogen-bond donors (Lipinski definition) is 1. The molecule has 1 N–H and O–H groups in total. The highest BCUT2D eigenvalue weighted by Gasteiger charge is 2.20. The van der Waals surface area contributed by atoms with Crippen LogP contribution in [-0.2, 0) is 0 Å². The zero-order valence-electron chi connectivity index (χ0n) is 25.8. The van der Waals surface area contributed by atoms with Crippen molar-refractivity contribution in [1.29, 1.82) is 0 Å². The number of anilines is 1. The fourth-order valence-electron chi connectivity index (χ4n) is 6.06. The van der Waals surface area contributed by atoms with Gasteiger partial charge in [-0.2, -0.15) is 0 Å². The van der Waals surface area contributed by atoms with Crippen molar-refractivity contribution in [2.24, 2.45) is 0 Å². The number of aryl methyl sites for hydroxylation is 1. The molecular weight excluding hydrogens is 600 g/mol. The van der Waals surface area contributed by atoms with Crippen molar-refractivity contribution in [3.8, 4) is 11.5 Å². The molecule has 1 aromatic heterocycles. The Bertz CT molecular complexity index is 1460. The molecule has 0 amide bonds. The summed E-state index contributed by atoms with van der Waals surface area (Å²) in [6.45, 7) is 8.41. The first-order valence-corrected chi connectivity index (χ1v) is 16.6. The number of hydrogen-bond acceptors (Lipinski definition) is 6. The minimum atomic E-state index is 0.0729. The normalized spacial score (nSPS) is 15.0. The van der Waals surface area contributed by atoms with Crippen LogP contribution in [0.1, 0.15) is 80.8 Å². The molecule has 0 bridgehead atoms. The molecule has 1 fully saturated rings. The van der Waals surface area contributed by atoms with E-state index in [9.17, 15) is 0 Å². The first-order chi connectivity index (χ1) is 21.0. The van der Waals surface area contributed by atoms with Gasteiger partial charge in [0.25, 0.3) is 0 Å². The first-order valence-electron chi connectivity index (χ1n) is 15.8. The highest BCUT2D eigenvalue weighted by atomic mass is 79.9. The number of halogens is 1. The van der Waals surface area contributed by atoms with Gasteiger partial charge in [-0.15, -0.1) is 0 Å². The molecular formula is C36H45BrN4O2. The second-order valence-electron chi connectivity index (χ2n) is 11.7. The van der Waals surface area contributed by atoms with Crippen LogP contribution >= 0.6 is 15.9 Å². The van der Waals surface area contributed by atoms with Gasteiger partial charge in [0.1, 0.15) is 11.6 Å². The smallest absolute Gasteiger partial charge is 0.163 e. The maximum Gasteiger partial charge on any atom is 0.163 e. The van der Waals surface area contributed by atoms with Gasteiger partial charge in [0.05, 0.1) is 25.3 Å². The number of unbranched alkanes of at least 4 members (excludes halogenated alkanes) is 4. The van der Waals surface area contributed by atoms with Crippen LogP contribution < -0.4 is 14.8 Å². The van der Waals surface area contributed by atoms with E-state index < -0.39 is 0 Å². The average Bonchev–Trinajstić information content (AvgIpc) is 3.02. The third kappa shape index (κ3) is 8.70. The third-order valence-corrected chi connectivity index (χ3v) is 9.02. The van der Waals surface area contributed by atoms with Gasteiger partial charge in [-0.1, -0.05) is 77.7 Å². The molecule has 2 heterocycles. The average molecular weight is 646 g/mol. The lowest BCUT2D eigenvalue weighted by Gasteiger charge is -2.32. The lowest BCUT2D eigenvalue weighted by molar-refractivity contribution is 0.208. The van der Waals surface area contributed by atoms with Crippen molar-refractivity contribution >= 4 is 32.7 Å². The number of nitrogens with zero attached hydrogens (tertiary/aromatic N) is 3. The minimum Gasteiger partial charge on any atom is -0.493 e. The van der Waals surface area contributed by atoms with E-state index in [0.29, 0.717) is 18.2 Å². The third-order valence-electron chi connectivity index (χ3n) is 8.53. The number of methoxy groups -OCH3 is 1. The van der Waals surface area contributed by atoms with Gasteiger partial charge >= 0.3 is 0 Å². The fraction of sp³-hybridized carbons (Fsp3) is 0.444. The van der Waals surface area contributed by atoms with Crippen LogP contribution in [0, 0.1) is 6.92 Å². The van der Waals surface area contributed by atoms with E-state index in [2.05, 4.69) is 75.5 Å². The molecule has 43 heavy (non-hydrogen) atoms. The summed E-state index contributed by atoms with van der Waals surface area (Å²) in [5.74, 6) is 3.68. The van der Waals surface area contributed by atoms with E-state index in [1.54, 1.807) is 7.11 Å². The molecule has 0 radical (unpaired) electrons. The number of fused-ring (bicyclic) bond motifs is 1. The Kier molecular flexibility index (Phi) is 11.3. The number of aromatic nitrogens is 2. The summed E-state index contributed by atoms with van der Waals surface area (Å²) in [6, 6.07) is 23.4. The quantitative estimate of drug-likeness (QED) is 0.138. The molecule has 7 heteroatoms. The molecule has 1 unspecified atom stereocenters. The molecule has 0 aliphatic carbocycles. The van der Waals surface area contributed by atoms with Crippen LogP contribution in [0.25, 0.3) is 10.9 Å². The second-order valence-corrected chi connectivity index (χ2v) is 12.6. The topological polar surface area (TPSA) is 59.5 Å². The Balaban J connectivity index is 1.06. The minimum absolute atomic E-state index is 0.0729. The molecule has 0 saturated carbocycles. The van der Waals surface area contributed by atoms with E-state index >= 15 is 0 Å². The van der Waals surface area contributed by atoms with Crippen molar-refractivity contribution in [2.75, 3.05) is 38.7 Å². The fourth-order valence-corrected chi connectivity index (χ4v) is 6.48. The van der Waals surface area contributed by atoms with Crippen LogP contribution in [0.3, 0.4) is 0 Å². The molecule has 6 nitrogen and oxygen atoms in total. The highest BCUT2D eigenvalue weighted by molar-refractivity contribution is 9.10. The summed E-state index contributed by atoms with van der Waals surface area (Å²) in [4.78, 5) is 12.1. The van der Waals surface area contributed by atoms with Gasteiger partial charge in [-0.25, -0.2) is 9.97 Å². The van der Waals surface area contributed by atoms with Gasteiger partial charge in [0.2, 0.25) is 0 Å². The molecule has 0 spiro atoms. The van der Waals surface area contributed by atoms with Crippen LogP contribution in [0.4, 0.5) is 5.82 Å². The van der Waals surface area contributed by atoms with E-state index in [4.69, 9.17) is 19.4 Å². The van der Waals surface area contributed by atoms with Crippen molar-refractivity contribution < 1.29 is 9.47 Å². The Labute approximate surface area is 265 Å². The molecule has 1 saturated heterocycles. The summed E-state index contributed by atoms with van der Waals surface area (Å²) >= 11 is 3.57. The maximum atomic E-state index is 6.21. The lowest BCUT2D eigenvalue weighted by atomic mass is 9.89. The van der Waals surface area contributed by atoms with Crippen molar-refractivity contribution in [2.45, 2.75) is 70.8 Å². The van der Waals surface area contributed by atoms with Gasteiger partial charge < -0.3 is 19.7 Å².